The number of esters is 1. The summed E-state index contributed by atoms with van der Waals surface area (Å²) >= 11 is 0. The number of allylic oxidation sites excluding steroid dienone is 2. The van der Waals surface area contributed by atoms with Gasteiger partial charge in [-0.15, -0.1) is 5.73 Å². The van der Waals surface area contributed by atoms with Crippen molar-refractivity contribution < 1.29 is 14.3 Å². The van der Waals surface area contributed by atoms with E-state index in [0.29, 0.717) is 11.9 Å². The average Bonchev–Trinajstić information content (AvgIpc) is 2.16. The zero-order valence-electron chi connectivity index (χ0n) is 6.61. The van der Waals surface area contributed by atoms with Crippen molar-refractivity contribution in [1.29, 1.82) is 0 Å². The molecule has 0 aromatic rings. The average molecular weight is 164 g/mol. The topological polar surface area (TPSA) is 43.4 Å². The van der Waals surface area contributed by atoms with E-state index in [1.54, 1.807) is 6.08 Å². The Morgan fingerprint density at radius 2 is 2.50 bits per heavy atom. The summed E-state index contributed by atoms with van der Waals surface area (Å²) in [5, 5.41) is 0. The first-order chi connectivity index (χ1) is 5.79. The first-order valence-electron chi connectivity index (χ1n) is 3.46. The molecule has 0 saturated heterocycles. The number of hydrogen-bond donors (Lipinski definition) is 0. The first kappa shape index (κ1) is 8.50. The number of carbonyl (C=O) groups excluding carboxylic acids is 2. The van der Waals surface area contributed by atoms with Gasteiger partial charge in [0.15, 0.2) is 0 Å². The van der Waals surface area contributed by atoms with Gasteiger partial charge in [-0.05, 0) is 18.2 Å². The Balaban J connectivity index is 2.91. The first-order valence-corrected chi connectivity index (χ1v) is 3.46. The lowest BCUT2D eigenvalue weighted by Gasteiger charge is -2.08. The Morgan fingerprint density at radius 3 is 3.08 bits per heavy atom. The Labute approximate surface area is 70.0 Å². The molecular weight excluding hydrogens is 156 g/mol. The summed E-state index contributed by atoms with van der Waals surface area (Å²) in [6.07, 6.45) is 5.32. The van der Waals surface area contributed by atoms with Crippen LogP contribution in [0, 0.1) is 5.92 Å². The van der Waals surface area contributed by atoms with Crippen LogP contribution in [-0.4, -0.2) is 19.4 Å². The van der Waals surface area contributed by atoms with Crippen LogP contribution in [0.25, 0.3) is 0 Å². The molecule has 1 rings (SSSR count). The van der Waals surface area contributed by atoms with Gasteiger partial charge in [0.2, 0.25) is 0 Å². The zero-order valence-corrected chi connectivity index (χ0v) is 6.61. The molecule has 0 fully saturated rings. The highest BCUT2D eigenvalue weighted by Crippen LogP contribution is 2.14. The molecule has 0 radical (unpaired) electrons. The van der Waals surface area contributed by atoms with E-state index in [1.165, 1.54) is 19.3 Å². The molecule has 0 amide bonds. The molecule has 1 unspecified atom stereocenters. The Hall–Kier alpha value is -1.60. The maximum Gasteiger partial charge on any atom is 0.334 e. The van der Waals surface area contributed by atoms with Gasteiger partial charge in [0.1, 0.15) is 6.29 Å². The Morgan fingerprint density at radius 1 is 1.75 bits per heavy atom. The fourth-order valence-electron chi connectivity index (χ4n) is 0.933. The number of ether oxygens (including phenoxy) is 1. The van der Waals surface area contributed by atoms with Gasteiger partial charge in [-0.1, -0.05) is 0 Å². The molecule has 0 aliphatic heterocycles. The zero-order chi connectivity index (χ0) is 8.97. The summed E-state index contributed by atoms with van der Waals surface area (Å²) in [7, 11) is 1.28. The lowest BCUT2D eigenvalue weighted by Crippen LogP contribution is -2.14. The highest BCUT2D eigenvalue weighted by molar-refractivity contribution is 5.94. The second kappa shape index (κ2) is 3.69. The third-order valence-electron chi connectivity index (χ3n) is 1.56. The van der Waals surface area contributed by atoms with Gasteiger partial charge in [-0.25, -0.2) is 4.79 Å². The molecule has 0 bridgehead atoms. The molecule has 12 heavy (non-hydrogen) atoms. The maximum atomic E-state index is 11.0. The number of methoxy groups -OCH3 is 1. The normalized spacial score (nSPS) is 20.1. The van der Waals surface area contributed by atoms with Gasteiger partial charge in [-0.3, -0.25) is 0 Å². The van der Waals surface area contributed by atoms with Crippen LogP contribution in [-0.2, 0) is 14.3 Å². The molecule has 62 valence electrons. The molecule has 1 atom stereocenters. The fraction of sp³-hybridized carbons (Fsp3) is 0.222. The summed E-state index contributed by atoms with van der Waals surface area (Å²) in [6, 6.07) is 0. The van der Waals surface area contributed by atoms with Crippen molar-refractivity contribution in [2.45, 2.75) is 0 Å². The summed E-state index contributed by atoms with van der Waals surface area (Å²) in [5.41, 5.74) is 3.08. The van der Waals surface area contributed by atoms with Gasteiger partial charge >= 0.3 is 5.97 Å². The fourth-order valence-corrected chi connectivity index (χ4v) is 0.933. The Kier molecular flexibility index (Phi) is 2.62. The summed E-state index contributed by atoms with van der Waals surface area (Å²) < 4.78 is 4.49. The van der Waals surface area contributed by atoms with E-state index in [4.69, 9.17) is 0 Å². The van der Waals surface area contributed by atoms with Crippen molar-refractivity contribution in [3.63, 3.8) is 0 Å². The molecule has 1 aliphatic carbocycles. The molecule has 0 spiro atoms. The van der Waals surface area contributed by atoms with Crippen molar-refractivity contribution in [2.75, 3.05) is 7.11 Å². The van der Waals surface area contributed by atoms with E-state index in [-0.39, 0.29) is 0 Å². The van der Waals surface area contributed by atoms with Crippen LogP contribution in [0.3, 0.4) is 0 Å². The lowest BCUT2D eigenvalue weighted by molar-refractivity contribution is -0.137. The van der Waals surface area contributed by atoms with E-state index < -0.39 is 11.9 Å². The van der Waals surface area contributed by atoms with Crippen LogP contribution in [0.15, 0.2) is 29.5 Å². The minimum atomic E-state index is -0.512. The van der Waals surface area contributed by atoms with Gasteiger partial charge in [-0.2, -0.15) is 0 Å². The van der Waals surface area contributed by atoms with E-state index in [1.807, 2.05) is 0 Å². The number of aldehydes is 1. The van der Waals surface area contributed by atoms with Gasteiger partial charge < -0.3 is 9.53 Å². The van der Waals surface area contributed by atoms with Crippen LogP contribution < -0.4 is 0 Å². The quantitative estimate of drug-likeness (QED) is 0.341. The molecule has 0 aromatic carbocycles. The third-order valence-corrected chi connectivity index (χ3v) is 1.56. The van der Waals surface area contributed by atoms with Gasteiger partial charge in [0.05, 0.1) is 18.6 Å². The van der Waals surface area contributed by atoms with Crippen LogP contribution in [0.4, 0.5) is 0 Å². The standard InChI is InChI=1S/C9H8O3/c1-12-9(11)8-5-3-2-4-7(8)6-10/h3-7H,1H3. The number of rotatable bonds is 2. The molecule has 3 nitrogen and oxygen atoms in total. The van der Waals surface area contributed by atoms with Crippen LogP contribution in [0.1, 0.15) is 0 Å². The summed E-state index contributed by atoms with van der Waals surface area (Å²) in [5.74, 6) is -0.983. The van der Waals surface area contributed by atoms with Crippen molar-refractivity contribution >= 4 is 12.3 Å². The van der Waals surface area contributed by atoms with E-state index in [0.717, 1.165) is 0 Å². The maximum absolute atomic E-state index is 11.0. The van der Waals surface area contributed by atoms with Crippen molar-refractivity contribution in [1.82, 2.24) is 0 Å². The van der Waals surface area contributed by atoms with E-state index in [9.17, 15) is 9.59 Å². The molecule has 0 saturated carbocycles. The second-order valence-corrected chi connectivity index (χ2v) is 2.28. The third kappa shape index (κ3) is 1.52. The SMILES string of the molecule is COC(=O)C1=CC=C=CC1C=O. The van der Waals surface area contributed by atoms with Crippen molar-refractivity contribution in [3.05, 3.63) is 29.5 Å². The van der Waals surface area contributed by atoms with Gasteiger partial charge in [0, 0.05) is 0 Å². The number of hydrogen-bond acceptors (Lipinski definition) is 3. The molecule has 0 heterocycles. The molecule has 1 aliphatic rings. The largest absolute Gasteiger partial charge is 0.466 e. The highest BCUT2D eigenvalue weighted by Gasteiger charge is 2.19. The van der Waals surface area contributed by atoms with Crippen LogP contribution in [0.5, 0.6) is 0 Å². The number of carbonyl (C=O) groups is 2. The second-order valence-electron chi connectivity index (χ2n) is 2.28. The highest BCUT2D eigenvalue weighted by atomic mass is 16.5. The minimum absolute atomic E-state index is 0.353. The summed E-state index contributed by atoms with van der Waals surface area (Å²) in [6.45, 7) is 0. The Bertz CT molecular complexity index is 293. The van der Waals surface area contributed by atoms with E-state index >= 15 is 0 Å². The molecule has 0 aromatic heterocycles. The smallest absolute Gasteiger partial charge is 0.334 e. The van der Waals surface area contributed by atoms with E-state index in [2.05, 4.69) is 10.5 Å². The molecular formula is C9H8O3. The van der Waals surface area contributed by atoms with Crippen molar-refractivity contribution in [2.24, 2.45) is 5.92 Å². The van der Waals surface area contributed by atoms with Gasteiger partial charge in [0.25, 0.3) is 0 Å². The predicted octanol–water partition coefficient (Wildman–Crippen LogP) is 0.626. The lowest BCUT2D eigenvalue weighted by atomic mass is 9.98. The molecule has 0 N–H and O–H groups in total. The van der Waals surface area contributed by atoms with Crippen LogP contribution >= 0.6 is 0 Å². The summed E-state index contributed by atoms with van der Waals surface area (Å²) in [4.78, 5) is 21.5. The molecule has 3 heteroatoms. The van der Waals surface area contributed by atoms with Crippen molar-refractivity contribution in [3.8, 4) is 0 Å². The monoisotopic (exact) mass is 164 g/mol. The van der Waals surface area contributed by atoms with Crippen LogP contribution in [0.2, 0.25) is 0 Å². The predicted molar refractivity (Wildman–Crippen MR) is 42.3 cm³/mol. The minimum Gasteiger partial charge on any atom is -0.466 e.